The summed E-state index contributed by atoms with van der Waals surface area (Å²) in [5.41, 5.74) is 5.88. The van der Waals surface area contributed by atoms with Crippen molar-refractivity contribution in [1.82, 2.24) is 4.90 Å². The second-order valence-corrected chi connectivity index (χ2v) is 5.13. The molecule has 2 nitrogen and oxygen atoms in total. The highest BCUT2D eigenvalue weighted by Gasteiger charge is 2.36. The van der Waals surface area contributed by atoms with Gasteiger partial charge in [-0.25, -0.2) is 0 Å². The minimum Gasteiger partial charge on any atom is -0.329 e. The fourth-order valence-electron chi connectivity index (χ4n) is 3.50. The molecule has 1 aliphatic heterocycles. The van der Waals surface area contributed by atoms with Crippen molar-refractivity contribution in [3.8, 4) is 0 Å². The van der Waals surface area contributed by atoms with Gasteiger partial charge < -0.3 is 10.6 Å². The standard InChI is InChI=1S/C12H24N2/c1-14-8-7-11(12(14)9-13)10-5-3-2-4-6-10/h10-12H,2-9,13H2,1H3. The van der Waals surface area contributed by atoms with Gasteiger partial charge in [-0.1, -0.05) is 32.1 Å². The highest BCUT2D eigenvalue weighted by Crippen LogP contribution is 2.37. The Morgan fingerprint density at radius 2 is 1.86 bits per heavy atom. The first-order valence-corrected chi connectivity index (χ1v) is 6.23. The maximum absolute atomic E-state index is 5.88. The molecule has 0 spiro atoms. The van der Waals surface area contributed by atoms with Gasteiger partial charge in [0.15, 0.2) is 0 Å². The summed E-state index contributed by atoms with van der Waals surface area (Å²) in [6, 6.07) is 0.679. The van der Waals surface area contributed by atoms with E-state index in [9.17, 15) is 0 Å². The molecule has 0 aromatic rings. The van der Waals surface area contributed by atoms with Crippen LogP contribution in [0, 0.1) is 11.8 Å². The Morgan fingerprint density at radius 1 is 1.14 bits per heavy atom. The fraction of sp³-hybridized carbons (Fsp3) is 1.00. The molecule has 1 aliphatic carbocycles. The van der Waals surface area contributed by atoms with Crippen molar-refractivity contribution in [2.75, 3.05) is 20.1 Å². The predicted molar refractivity (Wildman–Crippen MR) is 60.2 cm³/mol. The predicted octanol–water partition coefficient (Wildman–Crippen LogP) is 1.85. The Labute approximate surface area is 87.8 Å². The van der Waals surface area contributed by atoms with E-state index in [4.69, 9.17) is 5.73 Å². The number of nitrogens with zero attached hydrogens (tertiary/aromatic N) is 1. The summed E-state index contributed by atoms with van der Waals surface area (Å²) in [4.78, 5) is 2.47. The molecule has 2 unspecified atom stereocenters. The molecule has 2 N–H and O–H groups in total. The van der Waals surface area contributed by atoms with Gasteiger partial charge in [0.05, 0.1) is 0 Å². The van der Waals surface area contributed by atoms with E-state index in [1.807, 2.05) is 0 Å². The monoisotopic (exact) mass is 196 g/mol. The lowest BCUT2D eigenvalue weighted by molar-refractivity contribution is 0.189. The van der Waals surface area contributed by atoms with Gasteiger partial charge in [-0.15, -0.1) is 0 Å². The second-order valence-electron chi connectivity index (χ2n) is 5.13. The summed E-state index contributed by atoms with van der Waals surface area (Å²) < 4.78 is 0. The van der Waals surface area contributed by atoms with Gasteiger partial charge >= 0.3 is 0 Å². The Kier molecular flexibility index (Phi) is 3.45. The van der Waals surface area contributed by atoms with Crippen LogP contribution >= 0.6 is 0 Å². The smallest absolute Gasteiger partial charge is 0.0246 e. The summed E-state index contributed by atoms with van der Waals surface area (Å²) in [7, 11) is 2.24. The highest BCUT2D eigenvalue weighted by molar-refractivity contribution is 4.90. The lowest BCUT2D eigenvalue weighted by Gasteiger charge is -2.32. The molecule has 1 heterocycles. The van der Waals surface area contributed by atoms with Crippen LogP contribution in [0.3, 0.4) is 0 Å². The van der Waals surface area contributed by atoms with E-state index in [0.29, 0.717) is 6.04 Å². The van der Waals surface area contributed by atoms with Crippen molar-refractivity contribution >= 4 is 0 Å². The van der Waals surface area contributed by atoms with E-state index < -0.39 is 0 Å². The summed E-state index contributed by atoms with van der Waals surface area (Å²) in [5, 5.41) is 0. The normalized spacial score (nSPS) is 36.4. The third-order valence-electron chi connectivity index (χ3n) is 4.37. The molecule has 0 aromatic carbocycles. The minimum atomic E-state index is 0.679. The maximum atomic E-state index is 5.88. The lowest BCUT2D eigenvalue weighted by Crippen LogP contribution is -2.39. The third kappa shape index (κ3) is 1.96. The van der Waals surface area contributed by atoms with Gasteiger partial charge in [-0.05, 0) is 31.8 Å². The lowest BCUT2D eigenvalue weighted by atomic mass is 9.76. The molecule has 2 fully saturated rings. The average molecular weight is 196 g/mol. The van der Waals surface area contributed by atoms with Crippen molar-refractivity contribution in [3.63, 3.8) is 0 Å². The first-order chi connectivity index (χ1) is 6.83. The van der Waals surface area contributed by atoms with E-state index in [0.717, 1.165) is 18.4 Å². The number of hydrogen-bond donors (Lipinski definition) is 1. The van der Waals surface area contributed by atoms with Crippen molar-refractivity contribution in [1.29, 1.82) is 0 Å². The van der Waals surface area contributed by atoms with Crippen molar-refractivity contribution < 1.29 is 0 Å². The topological polar surface area (TPSA) is 29.3 Å². The zero-order valence-corrected chi connectivity index (χ0v) is 9.41. The number of nitrogens with two attached hydrogens (primary N) is 1. The SMILES string of the molecule is CN1CCC(C2CCCCC2)C1CN. The van der Waals surface area contributed by atoms with E-state index in [1.165, 1.54) is 45.1 Å². The van der Waals surface area contributed by atoms with Gasteiger partial charge in [0.1, 0.15) is 0 Å². The molecular weight excluding hydrogens is 172 g/mol. The molecule has 0 amide bonds. The number of likely N-dealkylation sites (N-methyl/N-ethyl adjacent to an activating group) is 1. The average Bonchev–Trinajstić information content (AvgIpc) is 2.61. The van der Waals surface area contributed by atoms with Crippen LogP contribution in [0.1, 0.15) is 38.5 Å². The van der Waals surface area contributed by atoms with Crippen LogP contribution in [0.25, 0.3) is 0 Å². The molecule has 82 valence electrons. The molecule has 14 heavy (non-hydrogen) atoms. The van der Waals surface area contributed by atoms with Crippen LogP contribution in [0.2, 0.25) is 0 Å². The van der Waals surface area contributed by atoms with E-state index in [1.54, 1.807) is 0 Å². The summed E-state index contributed by atoms with van der Waals surface area (Å²) in [6.07, 6.45) is 8.71. The van der Waals surface area contributed by atoms with E-state index in [2.05, 4.69) is 11.9 Å². The molecule has 1 saturated carbocycles. The quantitative estimate of drug-likeness (QED) is 0.730. The second kappa shape index (κ2) is 4.63. The van der Waals surface area contributed by atoms with E-state index in [-0.39, 0.29) is 0 Å². The molecule has 2 atom stereocenters. The Balaban J connectivity index is 1.95. The Morgan fingerprint density at radius 3 is 2.50 bits per heavy atom. The molecular formula is C12H24N2. The van der Waals surface area contributed by atoms with Crippen molar-refractivity contribution in [3.05, 3.63) is 0 Å². The molecule has 2 heteroatoms. The van der Waals surface area contributed by atoms with Crippen LogP contribution in [-0.2, 0) is 0 Å². The van der Waals surface area contributed by atoms with Crippen LogP contribution in [-0.4, -0.2) is 31.1 Å². The summed E-state index contributed by atoms with van der Waals surface area (Å²) >= 11 is 0. The Bertz CT molecular complexity index is 175. The maximum Gasteiger partial charge on any atom is 0.0246 e. The van der Waals surface area contributed by atoms with Gasteiger partial charge in [0, 0.05) is 12.6 Å². The molecule has 0 aromatic heterocycles. The summed E-state index contributed by atoms with van der Waals surface area (Å²) in [6.45, 7) is 2.13. The van der Waals surface area contributed by atoms with Gasteiger partial charge in [-0.2, -0.15) is 0 Å². The molecule has 2 rings (SSSR count). The third-order valence-corrected chi connectivity index (χ3v) is 4.37. The Hall–Kier alpha value is -0.0800. The summed E-state index contributed by atoms with van der Waals surface area (Å²) in [5.74, 6) is 1.90. The van der Waals surface area contributed by atoms with Crippen molar-refractivity contribution in [2.24, 2.45) is 17.6 Å². The molecule has 0 bridgehead atoms. The van der Waals surface area contributed by atoms with Crippen LogP contribution in [0.5, 0.6) is 0 Å². The molecule has 1 saturated heterocycles. The van der Waals surface area contributed by atoms with Crippen LogP contribution in [0.4, 0.5) is 0 Å². The molecule has 0 radical (unpaired) electrons. The fourth-order valence-corrected chi connectivity index (χ4v) is 3.50. The van der Waals surface area contributed by atoms with Crippen LogP contribution < -0.4 is 5.73 Å². The van der Waals surface area contributed by atoms with Gasteiger partial charge in [0.25, 0.3) is 0 Å². The number of hydrogen-bond acceptors (Lipinski definition) is 2. The minimum absolute atomic E-state index is 0.679. The van der Waals surface area contributed by atoms with Crippen LogP contribution in [0.15, 0.2) is 0 Å². The highest BCUT2D eigenvalue weighted by atomic mass is 15.2. The zero-order valence-electron chi connectivity index (χ0n) is 9.41. The van der Waals surface area contributed by atoms with Gasteiger partial charge in [0.2, 0.25) is 0 Å². The van der Waals surface area contributed by atoms with Crippen molar-refractivity contribution in [2.45, 2.75) is 44.6 Å². The first-order valence-electron chi connectivity index (χ1n) is 6.23. The largest absolute Gasteiger partial charge is 0.329 e. The zero-order chi connectivity index (χ0) is 9.97. The first kappa shape index (κ1) is 10.4. The molecule has 2 aliphatic rings. The van der Waals surface area contributed by atoms with Gasteiger partial charge in [-0.3, -0.25) is 0 Å². The van der Waals surface area contributed by atoms with E-state index >= 15 is 0 Å². The number of rotatable bonds is 2. The number of likely N-dealkylation sites (tertiary alicyclic amines) is 1.